The fourth-order valence-corrected chi connectivity index (χ4v) is 2.31. The molecule has 0 spiro atoms. The third kappa shape index (κ3) is 2.40. The molecule has 2 nitrogen and oxygen atoms in total. The lowest BCUT2D eigenvalue weighted by atomic mass is 10.1. The van der Waals surface area contributed by atoms with Crippen molar-refractivity contribution < 1.29 is 4.57 Å². The Morgan fingerprint density at radius 2 is 2.05 bits per heavy atom. The van der Waals surface area contributed by atoms with Gasteiger partial charge in [0.25, 0.3) is 0 Å². The van der Waals surface area contributed by atoms with Crippen molar-refractivity contribution in [3.8, 4) is 0 Å². The Morgan fingerprint density at radius 3 is 2.89 bits per heavy atom. The molecule has 19 heavy (non-hydrogen) atoms. The fraction of sp³-hybridized carbons (Fsp3) is 0.0625. The van der Waals surface area contributed by atoms with Gasteiger partial charge in [0.15, 0.2) is 6.20 Å². The van der Waals surface area contributed by atoms with E-state index in [1.54, 1.807) is 0 Å². The normalized spacial score (nSPS) is 11.5. The first kappa shape index (κ1) is 12.0. The van der Waals surface area contributed by atoms with Crippen LogP contribution in [0.1, 0.15) is 11.3 Å². The molecule has 3 heteroatoms. The molecule has 94 valence electrons. The second-order valence-electron chi connectivity index (χ2n) is 4.50. The first-order chi connectivity index (χ1) is 9.24. The van der Waals surface area contributed by atoms with Crippen LogP contribution in [0.15, 0.2) is 48.8 Å². The zero-order chi connectivity index (χ0) is 13.2. The summed E-state index contributed by atoms with van der Waals surface area (Å²) in [4.78, 5) is 3.25. The topological polar surface area (TPSA) is 19.7 Å². The number of nitrogens with one attached hydrogen (secondary N) is 1. The molecule has 0 aliphatic carbocycles. The highest BCUT2D eigenvalue weighted by molar-refractivity contribution is 6.31. The molecule has 0 aliphatic rings. The van der Waals surface area contributed by atoms with E-state index in [1.165, 1.54) is 0 Å². The smallest absolute Gasteiger partial charge is 0.204 e. The van der Waals surface area contributed by atoms with Crippen LogP contribution in [0.5, 0.6) is 0 Å². The highest BCUT2D eigenvalue weighted by Gasteiger charge is 2.03. The van der Waals surface area contributed by atoms with Gasteiger partial charge < -0.3 is 4.98 Å². The standard InChI is InChI=1S/C16H13ClN2/c1-19-9-3-2-4-14(19)7-5-12-11-18-16-8-6-13(17)10-15(12)16/h2-11H,1H3/p+1. The zero-order valence-corrected chi connectivity index (χ0v) is 11.4. The minimum absolute atomic E-state index is 0.756. The van der Waals surface area contributed by atoms with Crippen molar-refractivity contribution in [2.24, 2.45) is 7.05 Å². The lowest BCUT2D eigenvalue weighted by Gasteiger charge is -1.94. The first-order valence-electron chi connectivity index (χ1n) is 6.13. The second-order valence-corrected chi connectivity index (χ2v) is 4.94. The maximum absolute atomic E-state index is 6.05. The molecule has 0 atom stereocenters. The molecule has 0 aliphatic heterocycles. The monoisotopic (exact) mass is 269 g/mol. The summed E-state index contributed by atoms with van der Waals surface area (Å²) in [6.07, 6.45) is 8.24. The van der Waals surface area contributed by atoms with E-state index in [9.17, 15) is 0 Å². The molecule has 0 fully saturated rings. The van der Waals surface area contributed by atoms with Crippen LogP contribution in [-0.4, -0.2) is 4.98 Å². The summed E-state index contributed by atoms with van der Waals surface area (Å²) in [5.74, 6) is 0. The van der Waals surface area contributed by atoms with E-state index in [0.29, 0.717) is 0 Å². The Kier molecular flexibility index (Phi) is 3.10. The number of aromatic amines is 1. The van der Waals surface area contributed by atoms with E-state index >= 15 is 0 Å². The van der Waals surface area contributed by atoms with E-state index < -0.39 is 0 Å². The lowest BCUT2D eigenvalue weighted by Crippen LogP contribution is -2.30. The largest absolute Gasteiger partial charge is 0.361 e. The quantitative estimate of drug-likeness (QED) is 0.683. The van der Waals surface area contributed by atoms with Crippen LogP contribution in [0.4, 0.5) is 0 Å². The van der Waals surface area contributed by atoms with Crippen molar-refractivity contribution in [2.45, 2.75) is 0 Å². The van der Waals surface area contributed by atoms with Crippen LogP contribution in [0, 0.1) is 0 Å². The van der Waals surface area contributed by atoms with Gasteiger partial charge in [-0.05, 0) is 30.3 Å². The number of benzene rings is 1. The minimum atomic E-state index is 0.756. The molecule has 2 aromatic heterocycles. The predicted molar refractivity (Wildman–Crippen MR) is 79.9 cm³/mol. The molecule has 0 radical (unpaired) electrons. The fourth-order valence-electron chi connectivity index (χ4n) is 2.14. The summed E-state index contributed by atoms with van der Waals surface area (Å²) in [5, 5.41) is 1.90. The van der Waals surface area contributed by atoms with Gasteiger partial charge in [0.1, 0.15) is 7.05 Å². The molecule has 0 unspecified atom stereocenters. The van der Waals surface area contributed by atoms with Gasteiger partial charge in [-0.1, -0.05) is 11.6 Å². The van der Waals surface area contributed by atoms with E-state index in [1.807, 2.05) is 49.8 Å². The third-order valence-corrected chi connectivity index (χ3v) is 3.44. The molecule has 1 aromatic carbocycles. The first-order valence-corrected chi connectivity index (χ1v) is 6.51. The van der Waals surface area contributed by atoms with Gasteiger partial charge in [-0.2, -0.15) is 0 Å². The number of hydrogen-bond acceptors (Lipinski definition) is 0. The summed E-state index contributed by atoms with van der Waals surface area (Å²) in [6, 6.07) is 12.0. The van der Waals surface area contributed by atoms with Crippen molar-refractivity contribution >= 4 is 34.7 Å². The Bertz CT molecular complexity index is 756. The minimum Gasteiger partial charge on any atom is -0.361 e. The summed E-state index contributed by atoms with van der Waals surface area (Å²) >= 11 is 6.05. The van der Waals surface area contributed by atoms with Gasteiger partial charge in [-0.15, -0.1) is 0 Å². The third-order valence-electron chi connectivity index (χ3n) is 3.20. The van der Waals surface area contributed by atoms with Crippen LogP contribution in [-0.2, 0) is 7.05 Å². The number of aryl methyl sites for hydroxylation is 1. The van der Waals surface area contributed by atoms with Gasteiger partial charge >= 0.3 is 0 Å². The molecule has 0 bridgehead atoms. The summed E-state index contributed by atoms with van der Waals surface area (Å²) < 4.78 is 2.08. The zero-order valence-electron chi connectivity index (χ0n) is 10.6. The SMILES string of the molecule is C[n+]1ccccc1/C=C/c1c[nH]c2ccc(Cl)cc12. The number of aromatic nitrogens is 2. The maximum atomic E-state index is 6.05. The molecular weight excluding hydrogens is 256 g/mol. The number of pyridine rings is 1. The van der Waals surface area contributed by atoms with Gasteiger partial charge in [-0.3, -0.25) is 0 Å². The van der Waals surface area contributed by atoms with Crippen LogP contribution in [0.2, 0.25) is 5.02 Å². The van der Waals surface area contributed by atoms with Crippen LogP contribution >= 0.6 is 11.6 Å². The number of H-pyrrole nitrogens is 1. The molecule has 0 saturated heterocycles. The van der Waals surface area contributed by atoms with Gasteiger partial charge in [0.2, 0.25) is 5.69 Å². The van der Waals surface area contributed by atoms with Crippen LogP contribution < -0.4 is 4.57 Å². The Hall–Kier alpha value is -2.06. The molecule has 3 aromatic rings. The van der Waals surface area contributed by atoms with Gasteiger partial charge in [-0.25, -0.2) is 4.57 Å². The van der Waals surface area contributed by atoms with Crippen LogP contribution in [0.25, 0.3) is 23.1 Å². The molecule has 0 amide bonds. The average Bonchev–Trinajstić information content (AvgIpc) is 2.80. The van der Waals surface area contributed by atoms with E-state index in [4.69, 9.17) is 11.6 Å². The average molecular weight is 270 g/mol. The number of hydrogen-bond donors (Lipinski definition) is 1. The van der Waals surface area contributed by atoms with Crippen molar-refractivity contribution in [3.63, 3.8) is 0 Å². The summed E-state index contributed by atoms with van der Waals surface area (Å²) in [5.41, 5.74) is 3.39. The van der Waals surface area contributed by atoms with Crippen molar-refractivity contribution in [3.05, 3.63) is 65.1 Å². The Morgan fingerprint density at radius 1 is 1.16 bits per heavy atom. The maximum Gasteiger partial charge on any atom is 0.204 e. The van der Waals surface area contributed by atoms with Crippen LogP contribution in [0.3, 0.4) is 0 Å². The molecule has 2 heterocycles. The van der Waals surface area contributed by atoms with Crippen molar-refractivity contribution in [1.29, 1.82) is 0 Å². The predicted octanol–water partition coefficient (Wildman–Crippen LogP) is 3.82. The molecule has 3 rings (SSSR count). The molecular formula is C16H14ClN2+. The van der Waals surface area contributed by atoms with Gasteiger partial charge in [0, 0.05) is 45.9 Å². The second kappa shape index (κ2) is 4.90. The number of fused-ring (bicyclic) bond motifs is 1. The number of halogens is 1. The Labute approximate surface area is 117 Å². The van der Waals surface area contributed by atoms with Crippen molar-refractivity contribution in [1.82, 2.24) is 4.98 Å². The van der Waals surface area contributed by atoms with Gasteiger partial charge in [0.05, 0.1) is 0 Å². The van der Waals surface area contributed by atoms with E-state index in [-0.39, 0.29) is 0 Å². The summed E-state index contributed by atoms with van der Waals surface area (Å²) in [6.45, 7) is 0. The Balaban J connectivity index is 2.02. The summed E-state index contributed by atoms with van der Waals surface area (Å²) in [7, 11) is 2.03. The molecule has 1 N–H and O–H groups in total. The number of rotatable bonds is 2. The van der Waals surface area contributed by atoms with E-state index in [0.717, 1.165) is 27.2 Å². The van der Waals surface area contributed by atoms with E-state index in [2.05, 4.69) is 27.8 Å². The number of nitrogens with zero attached hydrogens (tertiary/aromatic N) is 1. The molecule has 0 saturated carbocycles. The highest BCUT2D eigenvalue weighted by Crippen LogP contribution is 2.23. The highest BCUT2D eigenvalue weighted by atomic mass is 35.5. The lowest BCUT2D eigenvalue weighted by molar-refractivity contribution is -0.673. The van der Waals surface area contributed by atoms with Crippen molar-refractivity contribution in [2.75, 3.05) is 0 Å².